The first-order chi connectivity index (χ1) is 12.4. The van der Waals surface area contributed by atoms with E-state index in [9.17, 15) is 13.2 Å². The molecule has 140 valence electrons. The zero-order chi connectivity index (χ0) is 18.7. The molecule has 8 nitrogen and oxygen atoms in total. The van der Waals surface area contributed by atoms with Crippen LogP contribution in [-0.2, 0) is 21.9 Å². The smallest absolute Gasteiger partial charge is 0.243 e. The minimum absolute atomic E-state index is 0.103. The number of hydrogen-bond donors (Lipinski definition) is 1. The Morgan fingerprint density at radius 3 is 2.73 bits per heavy atom. The van der Waals surface area contributed by atoms with Crippen LogP contribution in [0.1, 0.15) is 12.8 Å². The van der Waals surface area contributed by atoms with Crippen molar-refractivity contribution in [1.82, 2.24) is 19.1 Å². The van der Waals surface area contributed by atoms with Crippen LogP contribution in [0.3, 0.4) is 0 Å². The third-order valence-electron chi connectivity index (χ3n) is 3.92. The molecule has 1 aliphatic rings. The molecular formula is C15H18ClN5O3S2. The van der Waals surface area contributed by atoms with Gasteiger partial charge >= 0.3 is 0 Å². The maximum Gasteiger partial charge on any atom is 0.243 e. The van der Waals surface area contributed by atoms with E-state index < -0.39 is 10.0 Å². The van der Waals surface area contributed by atoms with Gasteiger partial charge < -0.3 is 9.88 Å². The average Bonchev–Trinajstić information content (AvgIpc) is 3.27. The Morgan fingerprint density at radius 2 is 2.08 bits per heavy atom. The van der Waals surface area contributed by atoms with Crippen LogP contribution < -0.4 is 5.32 Å². The number of carbonyl (C=O) groups excluding carboxylic acids is 1. The number of nitrogens with one attached hydrogen (secondary N) is 1. The third kappa shape index (κ3) is 4.20. The molecule has 0 spiro atoms. The van der Waals surface area contributed by atoms with Crippen molar-refractivity contribution in [2.45, 2.75) is 22.9 Å². The third-order valence-corrected chi connectivity index (χ3v) is 7.18. The molecule has 2 aromatic rings. The molecule has 11 heteroatoms. The van der Waals surface area contributed by atoms with Gasteiger partial charge in [-0.1, -0.05) is 23.4 Å². The fourth-order valence-electron chi connectivity index (χ4n) is 2.56. The molecular weight excluding hydrogens is 398 g/mol. The van der Waals surface area contributed by atoms with E-state index in [1.807, 2.05) is 0 Å². The number of rotatable bonds is 6. The summed E-state index contributed by atoms with van der Waals surface area (Å²) in [5, 5.41) is 11.2. The van der Waals surface area contributed by atoms with Crippen molar-refractivity contribution in [3.8, 4) is 0 Å². The fourth-order valence-corrected chi connectivity index (χ4v) is 4.95. The number of halogens is 1. The number of anilines is 1. The van der Waals surface area contributed by atoms with Gasteiger partial charge in [-0.15, -0.1) is 10.2 Å². The minimum Gasteiger partial charge on any atom is -0.324 e. The topological polar surface area (TPSA) is 97.2 Å². The van der Waals surface area contributed by atoms with Gasteiger partial charge in [0.2, 0.25) is 15.9 Å². The Bertz CT molecular complexity index is 910. The summed E-state index contributed by atoms with van der Waals surface area (Å²) in [4.78, 5) is 12.3. The van der Waals surface area contributed by atoms with E-state index in [4.69, 9.17) is 11.6 Å². The Kier molecular flexibility index (Phi) is 5.86. The van der Waals surface area contributed by atoms with E-state index in [2.05, 4.69) is 15.5 Å². The summed E-state index contributed by atoms with van der Waals surface area (Å²) in [7, 11) is -1.79. The molecule has 1 aromatic carbocycles. The summed E-state index contributed by atoms with van der Waals surface area (Å²) in [5.41, 5.74) is 0.274. The fraction of sp³-hybridized carbons (Fsp3) is 0.400. The van der Waals surface area contributed by atoms with Gasteiger partial charge in [0, 0.05) is 20.1 Å². The second-order valence-corrected chi connectivity index (χ2v) is 9.10. The number of aromatic nitrogens is 3. The van der Waals surface area contributed by atoms with Gasteiger partial charge in [-0.05, 0) is 31.0 Å². The molecule has 0 unspecified atom stereocenters. The predicted octanol–water partition coefficient (Wildman–Crippen LogP) is 1.98. The zero-order valence-electron chi connectivity index (χ0n) is 14.1. The van der Waals surface area contributed by atoms with Crippen LogP contribution in [-0.4, -0.2) is 52.2 Å². The lowest BCUT2D eigenvalue weighted by Gasteiger charge is -2.16. The average molecular weight is 416 g/mol. The standard InChI is InChI=1S/C15H18ClN5O3S2/c1-20-10-17-19-15(20)25-9-14(22)18-13-8-11(4-5-12(13)16)26(23,24)21-6-2-3-7-21/h4-5,8,10H,2-3,6-7,9H2,1H3,(H,18,22). The van der Waals surface area contributed by atoms with Gasteiger partial charge in [-0.2, -0.15) is 4.31 Å². The lowest BCUT2D eigenvalue weighted by atomic mass is 10.3. The Balaban J connectivity index is 1.71. The van der Waals surface area contributed by atoms with Crippen molar-refractivity contribution in [3.05, 3.63) is 29.5 Å². The zero-order valence-corrected chi connectivity index (χ0v) is 16.4. The largest absolute Gasteiger partial charge is 0.324 e. The second kappa shape index (κ2) is 7.95. The number of nitrogens with zero attached hydrogens (tertiary/aromatic N) is 4. The predicted molar refractivity (Wildman–Crippen MR) is 99.8 cm³/mol. The Labute approximate surface area is 161 Å². The molecule has 26 heavy (non-hydrogen) atoms. The molecule has 1 amide bonds. The molecule has 3 rings (SSSR count). The number of sulfonamides is 1. The SMILES string of the molecule is Cn1cnnc1SCC(=O)Nc1cc(S(=O)(=O)N2CCCC2)ccc1Cl. The van der Waals surface area contributed by atoms with Crippen LogP contribution in [0.2, 0.25) is 5.02 Å². The minimum atomic E-state index is -3.57. The van der Waals surface area contributed by atoms with Gasteiger partial charge in [0.05, 0.1) is 21.4 Å². The van der Waals surface area contributed by atoms with Gasteiger partial charge in [-0.3, -0.25) is 4.79 Å². The number of thioether (sulfide) groups is 1. The molecule has 2 heterocycles. The van der Waals surface area contributed by atoms with Crippen molar-refractivity contribution in [1.29, 1.82) is 0 Å². The van der Waals surface area contributed by atoms with E-state index in [1.165, 1.54) is 34.3 Å². The summed E-state index contributed by atoms with van der Waals surface area (Å²) in [6, 6.07) is 4.34. The second-order valence-electron chi connectivity index (χ2n) is 5.81. The van der Waals surface area contributed by atoms with Gasteiger partial charge in [0.25, 0.3) is 0 Å². The first-order valence-corrected chi connectivity index (χ1v) is 10.7. The molecule has 0 bridgehead atoms. The van der Waals surface area contributed by atoms with Crippen molar-refractivity contribution >= 4 is 45.0 Å². The monoisotopic (exact) mass is 415 g/mol. The van der Waals surface area contributed by atoms with Crippen molar-refractivity contribution in [2.75, 3.05) is 24.2 Å². The van der Waals surface area contributed by atoms with E-state index in [-0.39, 0.29) is 27.3 Å². The van der Waals surface area contributed by atoms with Crippen LogP contribution in [0.5, 0.6) is 0 Å². The lowest BCUT2D eigenvalue weighted by molar-refractivity contribution is -0.113. The van der Waals surface area contributed by atoms with Crippen molar-refractivity contribution < 1.29 is 13.2 Å². The van der Waals surface area contributed by atoms with E-state index >= 15 is 0 Å². The number of aryl methyl sites for hydroxylation is 1. The lowest BCUT2D eigenvalue weighted by Crippen LogP contribution is -2.28. The van der Waals surface area contributed by atoms with Crippen LogP contribution >= 0.6 is 23.4 Å². The summed E-state index contributed by atoms with van der Waals surface area (Å²) in [5.74, 6) is -0.206. The highest BCUT2D eigenvalue weighted by Gasteiger charge is 2.27. The van der Waals surface area contributed by atoms with Crippen LogP contribution in [0.15, 0.2) is 34.6 Å². The normalized spacial score (nSPS) is 15.3. The molecule has 0 saturated carbocycles. The number of benzene rings is 1. The van der Waals surface area contributed by atoms with Crippen molar-refractivity contribution in [3.63, 3.8) is 0 Å². The van der Waals surface area contributed by atoms with E-state index in [1.54, 1.807) is 17.9 Å². The Morgan fingerprint density at radius 1 is 1.35 bits per heavy atom. The maximum atomic E-state index is 12.7. The van der Waals surface area contributed by atoms with Gasteiger partial charge in [0.15, 0.2) is 5.16 Å². The number of amides is 1. The maximum absolute atomic E-state index is 12.7. The van der Waals surface area contributed by atoms with Gasteiger partial charge in [-0.25, -0.2) is 8.42 Å². The van der Waals surface area contributed by atoms with Crippen LogP contribution in [0, 0.1) is 0 Å². The van der Waals surface area contributed by atoms with Gasteiger partial charge in [0.1, 0.15) is 6.33 Å². The van der Waals surface area contributed by atoms with E-state index in [0.717, 1.165) is 12.8 Å². The highest BCUT2D eigenvalue weighted by Crippen LogP contribution is 2.28. The Hall–Kier alpha value is -1.62. The first kappa shape index (κ1) is 19.2. The highest BCUT2D eigenvalue weighted by molar-refractivity contribution is 7.99. The molecule has 0 radical (unpaired) electrons. The number of carbonyl (C=O) groups is 1. The molecule has 1 fully saturated rings. The van der Waals surface area contributed by atoms with Crippen molar-refractivity contribution in [2.24, 2.45) is 7.05 Å². The highest BCUT2D eigenvalue weighted by atomic mass is 35.5. The molecule has 0 aliphatic carbocycles. The molecule has 1 aliphatic heterocycles. The molecule has 1 aromatic heterocycles. The molecule has 0 atom stereocenters. The summed E-state index contributed by atoms with van der Waals surface area (Å²) in [6.45, 7) is 1.03. The first-order valence-electron chi connectivity index (χ1n) is 7.94. The summed E-state index contributed by atoms with van der Waals surface area (Å²) in [6.07, 6.45) is 3.26. The summed E-state index contributed by atoms with van der Waals surface area (Å²) < 4.78 is 28.5. The van der Waals surface area contributed by atoms with Crippen LogP contribution in [0.25, 0.3) is 0 Å². The summed E-state index contributed by atoms with van der Waals surface area (Å²) >= 11 is 7.34. The van der Waals surface area contributed by atoms with Crippen LogP contribution in [0.4, 0.5) is 5.69 Å². The quantitative estimate of drug-likeness (QED) is 0.724. The molecule has 1 N–H and O–H groups in total. The number of hydrogen-bond acceptors (Lipinski definition) is 6. The van der Waals surface area contributed by atoms with E-state index in [0.29, 0.717) is 18.2 Å². The molecule has 1 saturated heterocycles.